The molecule has 1 heterocycles. The van der Waals surface area contributed by atoms with Crippen molar-refractivity contribution in [1.82, 2.24) is 9.78 Å². The van der Waals surface area contributed by atoms with Gasteiger partial charge in [0.25, 0.3) is 6.43 Å². The van der Waals surface area contributed by atoms with E-state index >= 15 is 0 Å². The molecule has 2 N–H and O–H groups in total. The number of nitrogen functional groups attached to an aromatic ring is 1. The fourth-order valence-electron chi connectivity index (χ4n) is 1.33. The lowest BCUT2D eigenvalue weighted by molar-refractivity contribution is 0.122. The van der Waals surface area contributed by atoms with Gasteiger partial charge in [-0.15, -0.1) is 0 Å². The minimum Gasteiger partial charge on any atom is -0.399 e. The van der Waals surface area contributed by atoms with Crippen LogP contribution >= 0.6 is 0 Å². The van der Waals surface area contributed by atoms with Crippen LogP contribution in [-0.4, -0.2) is 16.2 Å². The third-order valence-electron chi connectivity index (χ3n) is 1.90. The van der Waals surface area contributed by atoms with E-state index in [0.29, 0.717) is 11.2 Å². The average molecular weight is 197 g/mol. The van der Waals surface area contributed by atoms with Crippen molar-refractivity contribution in [1.29, 1.82) is 0 Å². The van der Waals surface area contributed by atoms with Crippen LogP contribution in [0, 0.1) is 0 Å². The molecule has 0 unspecified atom stereocenters. The lowest BCUT2D eigenvalue weighted by atomic mass is 10.2. The van der Waals surface area contributed by atoms with Crippen LogP contribution in [0.1, 0.15) is 0 Å². The van der Waals surface area contributed by atoms with Crippen molar-refractivity contribution in [2.75, 3.05) is 5.73 Å². The van der Waals surface area contributed by atoms with E-state index in [9.17, 15) is 8.78 Å². The first-order valence-corrected chi connectivity index (χ1v) is 4.16. The molecule has 0 atom stereocenters. The molecule has 3 nitrogen and oxygen atoms in total. The number of rotatable bonds is 2. The molecule has 0 spiro atoms. The number of hydrogen-bond acceptors (Lipinski definition) is 2. The maximum absolute atomic E-state index is 12.0. The topological polar surface area (TPSA) is 43.8 Å². The SMILES string of the molecule is Nc1ccc2nn(CC(F)F)cc2c1. The monoisotopic (exact) mass is 197 g/mol. The smallest absolute Gasteiger partial charge is 0.257 e. The first kappa shape index (κ1) is 8.93. The average Bonchev–Trinajstić information content (AvgIpc) is 2.44. The Bertz CT molecular complexity index is 450. The maximum Gasteiger partial charge on any atom is 0.257 e. The molecule has 14 heavy (non-hydrogen) atoms. The van der Waals surface area contributed by atoms with Gasteiger partial charge >= 0.3 is 0 Å². The summed E-state index contributed by atoms with van der Waals surface area (Å²) in [6.07, 6.45) is -0.820. The molecule has 0 amide bonds. The van der Waals surface area contributed by atoms with E-state index in [0.717, 1.165) is 5.39 Å². The van der Waals surface area contributed by atoms with Crippen molar-refractivity contribution in [2.24, 2.45) is 0 Å². The summed E-state index contributed by atoms with van der Waals surface area (Å²) in [5, 5.41) is 4.76. The molecule has 0 saturated heterocycles. The number of nitrogens with zero attached hydrogens (tertiary/aromatic N) is 2. The van der Waals surface area contributed by atoms with Crippen molar-refractivity contribution in [3.8, 4) is 0 Å². The van der Waals surface area contributed by atoms with Gasteiger partial charge in [0.1, 0.15) is 6.54 Å². The summed E-state index contributed by atoms with van der Waals surface area (Å²) in [5.74, 6) is 0. The van der Waals surface area contributed by atoms with Crippen molar-refractivity contribution >= 4 is 16.6 Å². The molecule has 0 aliphatic carbocycles. The fourth-order valence-corrected chi connectivity index (χ4v) is 1.33. The Morgan fingerprint density at radius 1 is 1.43 bits per heavy atom. The third kappa shape index (κ3) is 1.66. The van der Waals surface area contributed by atoms with Crippen LogP contribution in [-0.2, 0) is 6.54 Å². The highest BCUT2D eigenvalue weighted by Crippen LogP contribution is 2.16. The Kier molecular flexibility index (Phi) is 2.07. The van der Waals surface area contributed by atoms with Crippen LogP contribution in [0.15, 0.2) is 24.4 Å². The molecule has 74 valence electrons. The van der Waals surface area contributed by atoms with Crippen molar-refractivity contribution in [2.45, 2.75) is 13.0 Å². The Morgan fingerprint density at radius 3 is 2.93 bits per heavy atom. The largest absolute Gasteiger partial charge is 0.399 e. The zero-order chi connectivity index (χ0) is 10.1. The molecule has 0 aliphatic heterocycles. The zero-order valence-corrected chi connectivity index (χ0v) is 7.32. The lowest BCUT2D eigenvalue weighted by Crippen LogP contribution is -2.06. The Morgan fingerprint density at radius 2 is 2.21 bits per heavy atom. The third-order valence-corrected chi connectivity index (χ3v) is 1.90. The second-order valence-electron chi connectivity index (χ2n) is 3.06. The first-order valence-electron chi connectivity index (χ1n) is 4.16. The first-order chi connectivity index (χ1) is 6.65. The van der Waals surface area contributed by atoms with Crippen molar-refractivity contribution in [3.05, 3.63) is 24.4 Å². The van der Waals surface area contributed by atoms with Gasteiger partial charge in [0.05, 0.1) is 5.52 Å². The van der Waals surface area contributed by atoms with Crippen molar-refractivity contribution < 1.29 is 8.78 Å². The van der Waals surface area contributed by atoms with Crippen LogP contribution < -0.4 is 5.73 Å². The zero-order valence-electron chi connectivity index (χ0n) is 7.32. The summed E-state index contributed by atoms with van der Waals surface area (Å²) in [6.45, 7) is -0.380. The number of nitrogens with two attached hydrogens (primary N) is 1. The number of benzene rings is 1. The summed E-state index contributed by atoms with van der Waals surface area (Å²) in [4.78, 5) is 0. The van der Waals surface area contributed by atoms with Crippen molar-refractivity contribution in [3.63, 3.8) is 0 Å². The second-order valence-corrected chi connectivity index (χ2v) is 3.06. The molecule has 2 rings (SSSR count). The number of anilines is 1. The predicted molar refractivity (Wildman–Crippen MR) is 50.1 cm³/mol. The molecule has 0 fully saturated rings. The van der Waals surface area contributed by atoms with Crippen LogP contribution in [0.25, 0.3) is 10.9 Å². The van der Waals surface area contributed by atoms with E-state index in [4.69, 9.17) is 5.73 Å². The van der Waals surface area contributed by atoms with E-state index < -0.39 is 6.43 Å². The van der Waals surface area contributed by atoms with Gasteiger partial charge in [0.2, 0.25) is 0 Å². The van der Waals surface area contributed by atoms with E-state index in [1.807, 2.05) is 0 Å². The van der Waals surface area contributed by atoms with Crippen LogP contribution in [0.2, 0.25) is 0 Å². The van der Waals surface area contributed by atoms with E-state index in [1.54, 1.807) is 24.4 Å². The summed E-state index contributed by atoms with van der Waals surface area (Å²) in [5.41, 5.74) is 6.84. The summed E-state index contributed by atoms with van der Waals surface area (Å²) >= 11 is 0. The van der Waals surface area contributed by atoms with E-state index in [-0.39, 0.29) is 6.54 Å². The number of fused-ring (bicyclic) bond motifs is 1. The number of hydrogen-bond donors (Lipinski definition) is 1. The highest BCUT2D eigenvalue weighted by atomic mass is 19.3. The molecule has 0 radical (unpaired) electrons. The summed E-state index contributed by atoms with van der Waals surface area (Å²) in [7, 11) is 0. The Labute approximate surface area is 79.1 Å². The van der Waals surface area contributed by atoms with Gasteiger partial charge in [0, 0.05) is 17.3 Å². The molecule has 2 aromatic rings. The molecule has 5 heteroatoms. The van der Waals surface area contributed by atoms with Crippen LogP contribution in [0.5, 0.6) is 0 Å². The van der Waals surface area contributed by atoms with Gasteiger partial charge in [-0.1, -0.05) is 0 Å². The molecular weight excluding hydrogens is 188 g/mol. The predicted octanol–water partition coefficient (Wildman–Crippen LogP) is 1.88. The van der Waals surface area contributed by atoms with E-state index in [1.165, 1.54) is 4.68 Å². The van der Waals surface area contributed by atoms with Gasteiger partial charge in [-0.05, 0) is 18.2 Å². The molecular formula is C9H9F2N3. The Balaban J connectivity index is 2.41. The van der Waals surface area contributed by atoms with Gasteiger partial charge < -0.3 is 5.73 Å². The molecule has 0 aliphatic rings. The minimum atomic E-state index is -2.39. The fraction of sp³-hybridized carbons (Fsp3) is 0.222. The van der Waals surface area contributed by atoms with Gasteiger partial charge in [-0.25, -0.2) is 8.78 Å². The molecule has 0 saturated carbocycles. The molecule has 0 bridgehead atoms. The van der Waals surface area contributed by atoms with Crippen LogP contribution in [0.3, 0.4) is 0 Å². The highest BCUT2D eigenvalue weighted by Gasteiger charge is 2.06. The second kappa shape index (κ2) is 3.25. The van der Waals surface area contributed by atoms with E-state index in [2.05, 4.69) is 5.10 Å². The molecule has 1 aromatic carbocycles. The van der Waals surface area contributed by atoms with Gasteiger partial charge in [-0.3, -0.25) is 4.68 Å². The minimum absolute atomic E-state index is 0.380. The number of alkyl halides is 2. The standard InChI is InChI=1S/C9H9F2N3/c10-9(11)5-14-4-6-3-7(12)1-2-8(6)13-14/h1-4,9H,5,12H2. The summed E-state index contributed by atoms with van der Waals surface area (Å²) < 4.78 is 25.3. The number of aromatic nitrogens is 2. The maximum atomic E-state index is 12.0. The van der Waals surface area contributed by atoms with Gasteiger partial charge in [-0.2, -0.15) is 5.10 Å². The quantitative estimate of drug-likeness (QED) is 0.747. The summed E-state index contributed by atoms with van der Waals surface area (Å²) in [6, 6.07) is 5.12. The highest BCUT2D eigenvalue weighted by molar-refractivity contribution is 5.81. The van der Waals surface area contributed by atoms with Crippen LogP contribution in [0.4, 0.5) is 14.5 Å². The number of halogens is 2. The van der Waals surface area contributed by atoms with Gasteiger partial charge in [0.15, 0.2) is 0 Å². The molecule has 1 aromatic heterocycles. The lowest BCUT2D eigenvalue weighted by Gasteiger charge is -1.96. The Hall–Kier alpha value is -1.65. The normalized spacial score (nSPS) is 11.4.